The van der Waals surface area contributed by atoms with Crippen LogP contribution in [-0.2, 0) is 16.6 Å². The molecule has 21 heavy (non-hydrogen) atoms. The van der Waals surface area contributed by atoms with Crippen LogP contribution < -0.4 is 0 Å². The highest BCUT2D eigenvalue weighted by Crippen LogP contribution is 2.23. The summed E-state index contributed by atoms with van der Waals surface area (Å²) in [6.07, 6.45) is 1.09. The second-order valence-electron chi connectivity index (χ2n) is 5.44. The van der Waals surface area contributed by atoms with Gasteiger partial charge in [-0.3, -0.25) is 0 Å². The van der Waals surface area contributed by atoms with Gasteiger partial charge < -0.3 is 10.0 Å². The molecule has 2 rings (SSSR count). The lowest BCUT2D eigenvalue weighted by Gasteiger charge is -2.34. The van der Waals surface area contributed by atoms with Gasteiger partial charge in [0.1, 0.15) is 0 Å². The predicted molar refractivity (Wildman–Crippen MR) is 82.6 cm³/mol. The highest BCUT2D eigenvalue weighted by molar-refractivity contribution is 7.89. The van der Waals surface area contributed by atoms with Crippen molar-refractivity contribution in [1.29, 1.82) is 0 Å². The Balaban J connectivity index is 2.20. The average Bonchev–Trinajstić information content (AvgIpc) is 2.48. The van der Waals surface area contributed by atoms with Gasteiger partial charge in [-0.25, -0.2) is 8.42 Å². The van der Waals surface area contributed by atoms with Crippen LogP contribution >= 0.6 is 0 Å². The molecule has 0 atom stereocenters. The molecule has 5 nitrogen and oxygen atoms in total. The van der Waals surface area contributed by atoms with Crippen LogP contribution in [0.4, 0.5) is 0 Å². The Morgan fingerprint density at radius 3 is 2.43 bits per heavy atom. The van der Waals surface area contributed by atoms with Crippen molar-refractivity contribution in [1.82, 2.24) is 9.21 Å². The summed E-state index contributed by atoms with van der Waals surface area (Å²) in [4.78, 5) is 2.61. The van der Waals surface area contributed by atoms with Gasteiger partial charge in [0.2, 0.25) is 10.0 Å². The number of aliphatic hydroxyl groups excluding tert-OH is 1. The molecule has 0 spiro atoms. The van der Waals surface area contributed by atoms with Crippen molar-refractivity contribution in [2.45, 2.75) is 31.8 Å². The lowest BCUT2D eigenvalue weighted by Crippen LogP contribution is -2.48. The SMILES string of the molecule is CCCN1CCN(S(=O)(=O)c2cccc(CO)c2C)CC1. The zero-order valence-electron chi connectivity index (χ0n) is 12.7. The molecule has 6 heteroatoms. The number of sulfonamides is 1. The van der Waals surface area contributed by atoms with E-state index < -0.39 is 10.0 Å². The van der Waals surface area contributed by atoms with E-state index in [1.165, 1.54) is 0 Å². The van der Waals surface area contributed by atoms with E-state index in [2.05, 4.69) is 11.8 Å². The Bertz CT molecular complexity index is 579. The largest absolute Gasteiger partial charge is 0.392 e. The molecule has 0 aliphatic carbocycles. The minimum atomic E-state index is -3.47. The smallest absolute Gasteiger partial charge is 0.243 e. The van der Waals surface area contributed by atoms with Crippen molar-refractivity contribution < 1.29 is 13.5 Å². The van der Waals surface area contributed by atoms with Crippen LogP contribution in [0, 0.1) is 6.92 Å². The van der Waals surface area contributed by atoms with Gasteiger partial charge in [-0.2, -0.15) is 4.31 Å². The number of nitrogens with zero attached hydrogens (tertiary/aromatic N) is 2. The maximum absolute atomic E-state index is 12.8. The molecule has 1 saturated heterocycles. The van der Waals surface area contributed by atoms with Crippen LogP contribution in [0.25, 0.3) is 0 Å². The van der Waals surface area contributed by atoms with Gasteiger partial charge in [0.15, 0.2) is 0 Å². The van der Waals surface area contributed by atoms with Crippen molar-refractivity contribution in [3.05, 3.63) is 29.3 Å². The topological polar surface area (TPSA) is 60.9 Å². The minimum absolute atomic E-state index is 0.139. The van der Waals surface area contributed by atoms with E-state index in [0.717, 1.165) is 26.1 Å². The first-order chi connectivity index (χ1) is 10.0. The summed E-state index contributed by atoms with van der Waals surface area (Å²) in [5.41, 5.74) is 1.32. The van der Waals surface area contributed by atoms with E-state index in [1.54, 1.807) is 29.4 Å². The lowest BCUT2D eigenvalue weighted by molar-refractivity contribution is 0.188. The number of hydrogen-bond acceptors (Lipinski definition) is 4. The van der Waals surface area contributed by atoms with Gasteiger partial charge in [0.25, 0.3) is 0 Å². The zero-order valence-corrected chi connectivity index (χ0v) is 13.6. The van der Waals surface area contributed by atoms with Crippen LogP contribution in [0.2, 0.25) is 0 Å². The molecule has 0 unspecified atom stereocenters. The summed E-state index contributed by atoms with van der Waals surface area (Å²) in [5.74, 6) is 0. The van der Waals surface area contributed by atoms with Crippen molar-refractivity contribution in [2.24, 2.45) is 0 Å². The maximum Gasteiger partial charge on any atom is 0.243 e. The van der Waals surface area contributed by atoms with Crippen molar-refractivity contribution in [2.75, 3.05) is 32.7 Å². The van der Waals surface area contributed by atoms with Crippen molar-refractivity contribution in [3.63, 3.8) is 0 Å². The molecule has 1 N–H and O–H groups in total. The van der Waals surface area contributed by atoms with Gasteiger partial charge in [0.05, 0.1) is 11.5 Å². The average molecular weight is 312 g/mol. The summed E-state index contributed by atoms with van der Waals surface area (Å²) in [7, 11) is -3.47. The number of aliphatic hydroxyl groups is 1. The predicted octanol–water partition coefficient (Wildman–Crippen LogP) is 1.20. The molecule has 0 radical (unpaired) electrons. The minimum Gasteiger partial charge on any atom is -0.392 e. The van der Waals surface area contributed by atoms with Gasteiger partial charge >= 0.3 is 0 Å². The number of rotatable bonds is 5. The molecule has 1 fully saturated rings. The highest BCUT2D eigenvalue weighted by atomic mass is 32.2. The maximum atomic E-state index is 12.8. The molecule has 0 saturated carbocycles. The van der Waals surface area contributed by atoms with Crippen LogP contribution in [0.1, 0.15) is 24.5 Å². The number of piperazine rings is 1. The molecular weight excluding hydrogens is 288 g/mol. The van der Waals surface area contributed by atoms with Crippen LogP contribution in [-0.4, -0.2) is 55.5 Å². The van der Waals surface area contributed by atoms with E-state index in [1.807, 2.05) is 0 Å². The Morgan fingerprint density at radius 1 is 1.19 bits per heavy atom. The fourth-order valence-corrected chi connectivity index (χ4v) is 4.45. The van der Waals surface area contributed by atoms with Crippen LogP contribution in [0.3, 0.4) is 0 Å². The molecule has 1 heterocycles. The molecule has 1 aromatic rings. The first kappa shape index (κ1) is 16.4. The van der Waals surface area contributed by atoms with Crippen molar-refractivity contribution in [3.8, 4) is 0 Å². The molecule has 0 aromatic heterocycles. The van der Waals surface area contributed by atoms with E-state index in [0.29, 0.717) is 29.1 Å². The van der Waals surface area contributed by atoms with Gasteiger partial charge in [-0.15, -0.1) is 0 Å². The van der Waals surface area contributed by atoms with E-state index >= 15 is 0 Å². The molecule has 0 bridgehead atoms. The summed E-state index contributed by atoms with van der Waals surface area (Å²) < 4.78 is 27.1. The van der Waals surface area contributed by atoms with E-state index in [-0.39, 0.29) is 6.61 Å². The van der Waals surface area contributed by atoms with E-state index in [9.17, 15) is 13.5 Å². The van der Waals surface area contributed by atoms with Gasteiger partial charge in [0, 0.05) is 26.2 Å². The fraction of sp³-hybridized carbons (Fsp3) is 0.600. The summed E-state index contributed by atoms with van der Waals surface area (Å²) in [6, 6.07) is 5.08. The Kier molecular flexibility index (Phi) is 5.37. The Morgan fingerprint density at radius 2 is 1.86 bits per heavy atom. The first-order valence-electron chi connectivity index (χ1n) is 7.42. The first-order valence-corrected chi connectivity index (χ1v) is 8.86. The summed E-state index contributed by atoms with van der Waals surface area (Å²) in [6.45, 7) is 7.40. The second-order valence-corrected chi connectivity index (χ2v) is 7.35. The highest BCUT2D eigenvalue weighted by Gasteiger charge is 2.29. The van der Waals surface area contributed by atoms with Gasteiger partial charge in [-0.1, -0.05) is 19.1 Å². The summed E-state index contributed by atoms with van der Waals surface area (Å²) >= 11 is 0. The Hall–Kier alpha value is -0.950. The monoisotopic (exact) mass is 312 g/mol. The normalized spacial score (nSPS) is 18.0. The number of benzene rings is 1. The van der Waals surface area contributed by atoms with Gasteiger partial charge in [-0.05, 0) is 37.1 Å². The molecule has 0 amide bonds. The third-order valence-corrected chi connectivity index (χ3v) is 6.10. The standard InChI is InChI=1S/C15H24N2O3S/c1-3-7-16-8-10-17(11-9-16)21(19,20)15-6-4-5-14(12-18)13(15)2/h4-6,18H,3,7-12H2,1-2H3. The third-order valence-electron chi connectivity index (χ3n) is 4.06. The molecule has 118 valence electrons. The third kappa shape index (κ3) is 3.45. The Labute approximate surface area is 127 Å². The zero-order chi connectivity index (χ0) is 15.5. The molecular formula is C15H24N2O3S. The molecule has 1 aliphatic heterocycles. The van der Waals surface area contributed by atoms with Crippen LogP contribution in [0.5, 0.6) is 0 Å². The van der Waals surface area contributed by atoms with Crippen LogP contribution in [0.15, 0.2) is 23.1 Å². The quantitative estimate of drug-likeness (QED) is 0.887. The molecule has 1 aromatic carbocycles. The summed E-state index contributed by atoms with van der Waals surface area (Å²) in [5, 5.41) is 9.30. The van der Waals surface area contributed by atoms with Crippen molar-refractivity contribution >= 4 is 10.0 Å². The fourth-order valence-electron chi connectivity index (χ4n) is 2.76. The second kappa shape index (κ2) is 6.87. The van der Waals surface area contributed by atoms with E-state index in [4.69, 9.17) is 0 Å². The number of hydrogen-bond donors (Lipinski definition) is 1. The lowest BCUT2D eigenvalue weighted by atomic mass is 10.1. The molecule has 1 aliphatic rings.